The third kappa shape index (κ3) is 2.22. The van der Waals surface area contributed by atoms with E-state index in [1.807, 2.05) is 6.20 Å². The van der Waals surface area contributed by atoms with E-state index in [2.05, 4.69) is 71.8 Å². The summed E-state index contributed by atoms with van der Waals surface area (Å²) in [5.41, 5.74) is 8.83. The standard InChI is InChI=1S/C20H18N2/c1-14-18(15-6-3-2-4-7-15)8-5-9-19(14)16-10-17-11-21-13-20(17)22-12-16/h2-10,12,21H,11,13H2,1H3. The van der Waals surface area contributed by atoms with E-state index in [0.717, 1.165) is 13.1 Å². The van der Waals surface area contributed by atoms with Crippen LogP contribution >= 0.6 is 0 Å². The van der Waals surface area contributed by atoms with E-state index in [4.69, 9.17) is 0 Å². The molecule has 0 atom stereocenters. The smallest absolute Gasteiger partial charge is 0.0587 e. The lowest BCUT2D eigenvalue weighted by Gasteiger charge is -2.12. The Labute approximate surface area is 130 Å². The van der Waals surface area contributed by atoms with Gasteiger partial charge in [0, 0.05) is 24.8 Å². The SMILES string of the molecule is Cc1c(-c2ccccc2)cccc1-c1cnc2c(c1)CNC2. The Hall–Kier alpha value is -2.45. The van der Waals surface area contributed by atoms with Gasteiger partial charge in [-0.1, -0.05) is 48.5 Å². The maximum Gasteiger partial charge on any atom is 0.0587 e. The molecule has 2 heteroatoms. The number of pyridine rings is 1. The zero-order valence-corrected chi connectivity index (χ0v) is 12.6. The van der Waals surface area contributed by atoms with Gasteiger partial charge in [-0.2, -0.15) is 0 Å². The van der Waals surface area contributed by atoms with E-state index in [1.165, 1.54) is 39.1 Å². The maximum atomic E-state index is 4.62. The lowest BCUT2D eigenvalue weighted by atomic mass is 9.93. The second-order valence-corrected chi connectivity index (χ2v) is 5.78. The van der Waals surface area contributed by atoms with Gasteiger partial charge in [-0.05, 0) is 40.8 Å². The summed E-state index contributed by atoms with van der Waals surface area (Å²) in [6.07, 6.45) is 2.00. The molecular weight excluding hydrogens is 268 g/mol. The van der Waals surface area contributed by atoms with Gasteiger partial charge in [-0.25, -0.2) is 0 Å². The van der Waals surface area contributed by atoms with Crippen molar-refractivity contribution in [2.75, 3.05) is 0 Å². The number of fused-ring (bicyclic) bond motifs is 1. The first-order valence-corrected chi connectivity index (χ1v) is 7.67. The van der Waals surface area contributed by atoms with Gasteiger partial charge in [-0.3, -0.25) is 4.98 Å². The number of hydrogen-bond donors (Lipinski definition) is 1. The Morgan fingerprint density at radius 1 is 0.864 bits per heavy atom. The van der Waals surface area contributed by atoms with Gasteiger partial charge in [0.15, 0.2) is 0 Å². The van der Waals surface area contributed by atoms with Crippen molar-refractivity contribution in [1.29, 1.82) is 0 Å². The molecule has 1 aromatic heterocycles. The van der Waals surface area contributed by atoms with Crippen LogP contribution in [0.1, 0.15) is 16.8 Å². The van der Waals surface area contributed by atoms with E-state index >= 15 is 0 Å². The van der Waals surface area contributed by atoms with Crippen LogP contribution in [0.4, 0.5) is 0 Å². The van der Waals surface area contributed by atoms with Crippen molar-refractivity contribution < 1.29 is 0 Å². The summed E-state index contributed by atoms with van der Waals surface area (Å²) in [6.45, 7) is 4.01. The molecule has 0 fully saturated rings. The predicted octanol–water partition coefficient (Wildman–Crippen LogP) is 4.33. The molecule has 4 rings (SSSR count). The molecule has 2 nitrogen and oxygen atoms in total. The van der Waals surface area contributed by atoms with Gasteiger partial charge < -0.3 is 5.32 Å². The van der Waals surface area contributed by atoms with Crippen LogP contribution in [0.5, 0.6) is 0 Å². The van der Waals surface area contributed by atoms with E-state index < -0.39 is 0 Å². The highest BCUT2D eigenvalue weighted by Gasteiger charge is 2.14. The van der Waals surface area contributed by atoms with Gasteiger partial charge in [0.05, 0.1) is 5.69 Å². The molecule has 0 saturated carbocycles. The summed E-state index contributed by atoms with van der Waals surface area (Å²) in [4.78, 5) is 4.62. The fraction of sp³-hybridized carbons (Fsp3) is 0.150. The van der Waals surface area contributed by atoms with Crippen LogP contribution in [-0.4, -0.2) is 4.98 Å². The molecular formula is C20H18N2. The van der Waals surface area contributed by atoms with Gasteiger partial charge >= 0.3 is 0 Å². The third-order valence-electron chi connectivity index (χ3n) is 4.40. The first-order valence-electron chi connectivity index (χ1n) is 7.67. The summed E-state index contributed by atoms with van der Waals surface area (Å²) < 4.78 is 0. The first-order chi connectivity index (χ1) is 10.8. The summed E-state index contributed by atoms with van der Waals surface area (Å²) in [5, 5.41) is 3.36. The van der Waals surface area contributed by atoms with Crippen molar-refractivity contribution in [1.82, 2.24) is 10.3 Å². The second kappa shape index (κ2) is 5.39. The Morgan fingerprint density at radius 2 is 1.64 bits per heavy atom. The van der Waals surface area contributed by atoms with E-state index in [0.29, 0.717) is 0 Å². The summed E-state index contributed by atoms with van der Waals surface area (Å²) in [7, 11) is 0. The molecule has 108 valence electrons. The van der Waals surface area contributed by atoms with Crippen LogP contribution in [0.25, 0.3) is 22.3 Å². The highest BCUT2D eigenvalue weighted by atomic mass is 14.9. The number of nitrogens with one attached hydrogen (secondary N) is 1. The van der Waals surface area contributed by atoms with Crippen molar-refractivity contribution >= 4 is 0 Å². The minimum atomic E-state index is 0.888. The van der Waals surface area contributed by atoms with Crippen LogP contribution < -0.4 is 5.32 Å². The van der Waals surface area contributed by atoms with Gasteiger partial charge in [0.1, 0.15) is 0 Å². The molecule has 0 bridgehead atoms. The Morgan fingerprint density at radius 3 is 2.45 bits per heavy atom. The Bertz CT molecular complexity index is 822. The van der Waals surface area contributed by atoms with Crippen LogP contribution in [0.15, 0.2) is 60.8 Å². The quantitative estimate of drug-likeness (QED) is 0.758. The summed E-state index contributed by atoms with van der Waals surface area (Å²) >= 11 is 0. The van der Waals surface area contributed by atoms with Gasteiger partial charge in [-0.15, -0.1) is 0 Å². The van der Waals surface area contributed by atoms with E-state index in [9.17, 15) is 0 Å². The van der Waals surface area contributed by atoms with E-state index in [-0.39, 0.29) is 0 Å². The van der Waals surface area contributed by atoms with Crippen LogP contribution in [-0.2, 0) is 13.1 Å². The molecule has 0 saturated heterocycles. The zero-order valence-electron chi connectivity index (χ0n) is 12.6. The molecule has 0 spiro atoms. The molecule has 22 heavy (non-hydrogen) atoms. The molecule has 1 aliphatic heterocycles. The number of hydrogen-bond acceptors (Lipinski definition) is 2. The number of aromatic nitrogens is 1. The van der Waals surface area contributed by atoms with E-state index in [1.54, 1.807) is 0 Å². The fourth-order valence-electron chi connectivity index (χ4n) is 3.19. The lowest BCUT2D eigenvalue weighted by molar-refractivity contribution is 0.757. The van der Waals surface area contributed by atoms with Crippen molar-refractivity contribution in [3.63, 3.8) is 0 Å². The molecule has 0 unspecified atom stereocenters. The van der Waals surface area contributed by atoms with Crippen LogP contribution in [0, 0.1) is 6.92 Å². The summed E-state index contributed by atoms with van der Waals surface area (Å²) in [6, 6.07) is 19.3. The molecule has 3 aromatic rings. The molecule has 0 aliphatic carbocycles. The van der Waals surface area contributed by atoms with Crippen LogP contribution in [0.3, 0.4) is 0 Å². The molecule has 2 aromatic carbocycles. The molecule has 0 radical (unpaired) electrons. The second-order valence-electron chi connectivity index (χ2n) is 5.78. The topological polar surface area (TPSA) is 24.9 Å². The van der Waals surface area contributed by atoms with Crippen molar-refractivity contribution in [2.24, 2.45) is 0 Å². The minimum absolute atomic E-state index is 0.888. The molecule has 1 N–H and O–H groups in total. The van der Waals surface area contributed by atoms with Gasteiger partial charge in [0.2, 0.25) is 0 Å². The number of nitrogens with zero attached hydrogens (tertiary/aromatic N) is 1. The third-order valence-corrected chi connectivity index (χ3v) is 4.40. The highest BCUT2D eigenvalue weighted by molar-refractivity contribution is 5.78. The fourth-order valence-corrected chi connectivity index (χ4v) is 3.19. The zero-order chi connectivity index (χ0) is 14.9. The first kappa shape index (κ1) is 13.2. The Balaban J connectivity index is 1.83. The van der Waals surface area contributed by atoms with Crippen molar-refractivity contribution in [3.8, 4) is 22.3 Å². The average molecular weight is 286 g/mol. The van der Waals surface area contributed by atoms with Crippen LogP contribution in [0.2, 0.25) is 0 Å². The normalized spacial score (nSPS) is 13.1. The molecule has 1 aliphatic rings. The van der Waals surface area contributed by atoms with Crippen molar-refractivity contribution in [2.45, 2.75) is 20.0 Å². The van der Waals surface area contributed by atoms with Gasteiger partial charge in [0.25, 0.3) is 0 Å². The monoisotopic (exact) mass is 286 g/mol. The maximum absolute atomic E-state index is 4.62. The average Bonchev–Trinajstić information content (AvgIpc) is 3.03. The largest absolute Gasteiger partial charge is 0.307 e. The predicted molar refractivity (Wildman–Crippen MR) is 90.4 cm³/mol. The minimum Gasteiger partial charge on any atom is -0.307 e. The number of rotatable bonds is 2. The number of benzene rings is 2. The Kier molecular flexibility index (Phi) is 3.24. The lowest BCUT2D eigenvalue weighted by Crippen LogP contribution is -2.00. The van der Waals surface area contributed by atoms with Crippen molar-refractivity contribution in [3.05, 3.63) is 77.6 Å². The summed E-state index contributed by atoms with van der Waals surface area (Å²) in [5.74, 6) is 0. The molecule has 0 amide bonds. The highest BCUT2D eigenvalue weighted by Crippen LogP contribution is 2.32. The molecule has 2 heterocycles.